The average Bonchev–Trinajstić information content (AvgIpc) is 3.24. The Bertz CT molecular complexity index is 1240. The van der Waals surface area contributed by atoms with Crippen molar-refractivity contribution < 1.29 is 13.9 Å². The lowest BCUT2D eigenvalue weighted by Crippen LogP contribution is -2.40. The summed E-state index contributed by atoms with van der Waals surface area (Å²) in [6.07, 6.45) is 6.64. The van der Waals surface area contributed by atoms with Gasteiger partial charge in [0.1, 0.15) is 5.69 Å². The van der Waals surface area contributed by atoms with E-state index in [1.807, 2.05) is 11.0 Å². The highest BCUT2D eigenvalue weighted by Gasteiger charge is 2.52. The van der Waals surface area contributed by atoms with Gasteiger partial charge in [-0.15, -0.1) is 0 Å². The number of carbonyl (C=O) groups is 1. The van der Waals surface area contributed by atoms with Crippen LogP contribution in [-0.2, 0) is 4.75 Å². The normalized spacial score (nSPS) is 21.5. The maximum Gasteiger partial charge on any atom is 0.275 e. The summed E-state index contributed by atoms with van der Waals surface area (Å²) in [4.78, 5) is 40.0. The maximum atomic E-state index is 13.3. The molecule has 3 aromatic rings. The lowest BCUT2D eigenvalue weighted by Gasteiger charge is -2.35. The van der Waals surface area contributed by atoms with E-state index in [0.717, 1.165) is 18.1 Å². The molecule has 1 amide bonds. The molecule has 2 aliphatic rings. The summed E-state index contributed by atoms with van der Waals surface area (Å²) in [5.74, 6) is -0.103. The maximum absolute atomic E-state index is 13.3. The summed E-state index contributed by atoms with van der Waals surface area (Å²) in [6, 6.07) is 3.52. The van der Waals surface area contributed by atoms with Gasteiger partial charge in [0.25, 0.3) is 5.91 Å². The fourth-order valence-electron chi connectivity index (χ4n) is 4.07. The first-order valence-corrected chi connectivity index (χ1v) is 11.1. The van der Waals surface area contributed by atoms with Gasteiger partial charge in [-0.05, 0) is 12.1 Å². The summed E-state index contributed by atoms with van der Waals surface area (Å²) >= 11 is 1.43. The van der Waals surface area contributed by atoms with Crippen LogP contribution in [-0.4, -0.2) is 62.7 Å². The molecule has 13 heteroatoms. The number of aromatic nitrogens is 5. The molecule has 0 aromatic carbocycles. The Kier molecular flexibility index (Phi) is 5.69. The molecule has 34 heavy (non-hydrogen) atoms. The number of hydrogen-bond donors (Lipinski definition) is 2. The molecule has 0 unspecified atom stereocenters. The molecule has 1 saturated heterocycles. The highest BCUT2D eigenvalue weighted by Crippen LogP contribution is 2.50. The first-order valence-electron chi connectivity index (χ1n) is 10.3. The number of thioether (sulfide) groups is 1. The number of fused-ring (bicyclic) bond motifs is 1. The smallest absolute Gasteiger partial charge is 0.275 e. The number of nitrogens with two attached hydrogens (primary N) is 1. The topological polar surface area (TPSA) is 144 Å². The van der Waals surface area contributed by atoms with E-state index in [9.17, 15) is 9.18 Å². The summed E-state index contributed by atoms with van der Waals surface area (Å²) < 4.78 is 17.8. The van der Waals surface area contributed by atoms with Gasteiger partial charge in [-0.25, -0.2) is 24.3 Å². The standard InChI is InChI=1S/C21H20FN9O2S/c1-33-17-9-25-15(8-26-17)18(32)30-14-2-3-24-16(4-14)21-11-31(20-28-6-13(22)7-29-20)10-12(21)5-27-19(23)34-21/h2-4,6-9,12H,5,10-11H2,1H3,(H2,23,27)(H,24,30,32)/t12-,21-/m0/s1. The number of nitrogens with zero attached hydrogens (tertiary/aromatic N) is 7. The minimum atomic E-state index is -0.537. The predicted octanol–water partition coefficient (Wildman–Crippen LogP) is 1.45. The van der Waals surface area contributed by atoms with Crippen LogP contribution < -0.4 is 20.7 Å². The molecule has 0 radical (unpaired) electrons. The summed E-state index contributed by atoms with van der Waals surface area (Å²) in [6.45, 7) is 1.61. The first kappa shape index (κ1) is 21.9. The van der Waals surface area contributed by atoms with E-state index in [1.165, 1.54) is 31.3 Å². The minimum absolute atomic E-state index is 0.0596. The SMILES string of the molecule is COc1cnc(C(=O)Nc2ccnc([C@]34CN(c5ncc(F)cn5)C[C@@H]3CN=C(N)S4)c2)cn1. The third kappa shape index (κ3) is 4.09. The van der Waals surface area contributed by atoms with Crippen LogP contribution in [0.25, 0.3) is 0 Å². The second-order valence-electron chi connectivity index (χ2n) is 7.78. The van der Waals surface area contributed by atoms with Crippen LogP contribution in [0.1, 0.15) is 16.2 Å². The molecule has 0 bridgehead atoms. The van der Waals surface area contributed by atoms with Gasteiger partial charge in [0.05, 0.1) is 42.3 Å². The van der Waals surface area contributed by atoms with Crippen LogP contribution in [0.2, 0.25) is 0 Å². The number of methoxy groups -OCH3 is 1. The number of amides is 1. The fraction of sp³-hybridized carbons (Fsp3) is 0.286. The number of nitrogens with one attached hydrogen (secondary N) is 1. The number of aliphatic imine (C=N–C) groups is 1. The van der Waals surface area contributed by atoms with Crippen molar-refractivity contribution in [2.45, 2.75) is 4.75 Å². The van der Waals surface area contributed by atoms with Crippen molar-refractivity contribution in [3.63, 3.8) is 0 Å². The zero-order valence-electron chi connectivity index (χ0n) is 18.1. The Labute approximate surface area is 198 Å². The van der Waals surface area contributed by atoms with E-state index in [1.54, 1.807) is 12.3 Å². The third-order valence-electron chi connectivity index (χ3n) is 5.69. The molecule has 3 N–H and O–H groups in total. The van der Waals surface area contributed by atoms with Crippen molar-refractivity contribution >= 4 is 34.5 Å². The van der Waals surface area contributed by atoms with Crippen LogP contribution in [0.5, 0.6) is 5.88 Å². The van der Waals surface area contributed by atoms with Gasteiger partial charge in [-0.3, -0.25) is 14.8 Å². The van der Waals surface area contributed by atoms with Gasteiger partial charge in [0.2, 0.25) is 11.8 Å². The second-order valence-corrected chi connectivity index (χ2v) is 9.13. The highest BCUT2D eigenvalue weighted by atomic mass is 32.2. The van der Waals surface area contributed by atoms with Gasteiger partial charge in [-0.1, -0.05) is 11.8 Å². The van der Waals surface area contributed by atoms with E-state index in [2.05, 4.69) is 35.2 Å². The van der Waals surface area contributed by atoms with Crippen LogP contribution in [0.4, 0.5) is 16.0 Å². The van der Waals surface area contributed by atoms with Gasteiger partial charge in [0.15, 0.2) is 11.0 Å². The molecule has 1 fully saturated rings. The number of hydrogen-bond acceptors (Lipinski definition) is 11. The van der Waals surface area contributed by atoms with Crippen LogP contribution in [0, 0.1) is 11.7 Å². The van der Waals surface area contributed by atoms with Crippen LogP contribution >= 0.6 is 11.8 Å². The largest absolute Gasteiger partial charge is 0.480 e. The van der Waals surface area contributed by atoms with Gasteiger partial charge in [0, 0.05) is 37.4 Å². The number of carbonyl (C=O) groups excluding carboxylic acids is 1. The van der Waals surface area contributed by atoms with Crippen molar-refractivity contribution in [2.24, 2.45) is 16.6 Å². The number of halogens is 1. The minimum Gasteiger partial charge on any atom is -0.480 e. The molecule has 5 heterocycles. The number of ether oxygens (including phenoxy) is 1. The summed E-state index contributed by atoms with van der Waals surface area (Å²) in [5, 5.41) is 3.30. The van der Waals surface area contributed by atoms with Gasteiger partial charge in [-0.2, -0.15) is 0 Å². The quantitative estimate of drug-likeness (QED) is 0.549. The van der Waals surface area contributed by atoms with E-state index in [-0.39, 0.29) is 11.6 Å². The monoisotopic (exact) mass is 481 g/mol. The lowest BCUT2D eigenvalue weighted by atomic mass is 9.90. The number of anilines is 2. The zero-order chi connectivity index (χ0) is 23.7. The van der Waals surface area contributed by atoms with Crippen molar-refractivity contribution in [3.05, 3.63) is 60.3 Å². The first-order chi connectivity index (χ1) is 16.5. The Hall–Kier alpha value is -3.87. The number of pyridine rings is 1. The summed E-state index contributed by atoms with van der Waals surface area (Å²) in [7, 11) is 1.47. The molecule has 2 aliphatic heterocycles. The molecule has 11 nitrogen and oxygen atoms in total. The Balaban J connectivity index is 1.42. The molecule has 5 rings (SSSR count). The third-order valence-corrected chi connectivity index (χ3v) is 7.07. The molecule has 0 spiro atoms. The average molecular weight is 482 g/mol. The number of amidine groups is 1. The molecular formula is C21H20FN9O2S. The second kappa shape index (κ2) is 8.82. The van der Waals surface area contributed by atoms with Crippen molar-refractivity contribution in [2.75, 3.05) is 37.0 Å². The van der Waals surface area contributed by atoms with E-state index < -0.39 is 16.5 Å². The molecular weight excluding hydrogens is 461 g/mol. The molecule has 3 aromatic heterocycles. The van der Waals surface area contributed by atoms with Crippen molar-refractivity contribution in [1.29, 1.82) is 0 Å². The van der Waals surface area contributed by atoms with Gasteiger partial charge >= 0.3 is 0 Å². The summed E-state index contributed by atoms with van der Waals surface area (Å²) in [5.41, 5.74) is 7.57. The molecule has 0 saturated carbocycles. The zero-order valence-corrected chi connectivity index (χ0v) is 18.9. The molecule has 0 aliphatic carbocycles. The van der Waals surface area contributed by atoms with Gasteiger partial charge < -0.3 is 20.7 Å². The van der Waals surface area contributed by atoms with Crippen molar-refractivity contribution in [3.8, 4) is 5.88 Å². The van der Waals surface area contributed by atoms with Crippen LogP contribution in [0.15, 0.2) is 48.1 Å². The molecule has 2 atom stereocenters. The van der Waals surface area contributed by atoms with E-state index in [0.29, 0.717) is 42.3 Å². The Morgan fingerprint density at radius 1 is 1.24 bits per heavy atom. The van der Waals surface area contributed by atoms with E-state index in [4.69, 9.17) is 10.5 Å². The molecule has 174 valence electrons. The fourth-order valence-corrected chi connectivity index (χ4v) is 5.33. The van der Waals surface area contributed by atoms with E-state index >= 15 is 0 Å². The predicted molar refractivity (Wildman–Crippen MR) is 124 cm³/mol. The highest BCUT2D eigenvalue weighted by molar-refractivity contribution is 8.14. The van der Waals surface area contributed by atoms with Crippen LogP contribution in [0.3, 0.4) is 0 Å². The Morgan fingerprint density at radius 2 is 2.06 bits per heavy atom. The lowest BCUT2D eigenvalue weighted by molar-refractivity contribution is 0.102. The Morgan fingerprint density at radius 3 is 2.79 bits per heavy atom. The van der Waals surface area contributed by atoms with Crippen molar-refractivity contribution in [1.82, 2.24) is 24.9 Å². The number of rotatable bonds is 5.